The molecule has 0 atom stereocenters. The maximum absolute atomic E-state index is 9.28. The highest BCUT2D eigenvalue weighted by Crippen LogP contribution is 2.22. The molecule has 19 heavy (non-hydrogen) atoms. The Morgan fingerprint density at radius 2 is 2.00 bits per heavy atom. The summed E-state index contributed by atoms with van der Waals surface area (Å²) in [6.45, 7) is 8.19. The van der Waals surface area contributed by atoms with E-state index in [9.17, 15) is 5.11 Å². The van der Waals surface area contributed by atoms with Crippen molar-refractivity contribution in [3.8, 4) is 0 Å². The van der Waals surface area contributed by atoms with Gasteiger partial charge in [-0.2, -0.15) is 5.10 Å². The molecule has 0 aliphatic heterocycles. The van der Waals surface area contributed by atoms with Crippen molar-refractivity contribution in [1.29, 1.82) is 0 Å². The van der Waals surface area contributed by atoms with Gasteiger partial charge in [0.25, 0.3) is 0 Å². The predicted molar refractivity (Wildman–Crippen MR) is 79.4 cm³/mol. The van der Waals surface area contributed by atoms with Crippen molar-refractivity contribution in [2.24, 2.45) is 7.05 Å². The summed E-state index contributed by atoms with van der Waals surface area (Å²) in [5.74, 6) is 1.06. The molecule has 0 bridgehead atoms. The van der Waals surface area contributed by atoms with Crippen LogP contribution in [0.2, 0.25) is 0 Å². The first-order chi connectivity index (χ1) is 9.08. The molecule has 0 aromatic carbocycles. The molecule has 0 saturated heterocycles. The smallest absolute Gasteiger partial charge is 0.128 e. The van der Waals surface area contributed by atoms with Gasteiger partial charge in [0.15, 0.2) is 0 Å². The highest BCUT2D eigenvalue weighted by molar-refractivity contribution is 5.46. The third-order valence-electron chi connectivity index (χ3n) is 3.79. The van der Waals surface area contributed by atoms with Crippen LogP contribution in [0.25, 0.3) is 0 Å². The lowest BCUT2D eigenvalue weighted by molar-refractivity contribution is 0.136. The largest absolute Gasteiger partial charge is 0.395 e. The normalized spacial score (nSPS) is 11.6. The van der Waals surface area contributed by atoms with Crippen molar-refractivity contribution >= 4 is 5.82 Å². The average molecular weight is 268 g/mol. The van der Waals surface area contributed by atoms with Crippen LogP contribution < -0.4 is 5.32 Å². The van der Waals surface area contributed by atoms with Gasteiger partial charge in [0.05, 0.1) is 12.3 Å². The minimum absolute atomic E-state index is 0.199. The minimum Gasteiger partial charge on any atom is -0.395 e. The fourth-order valence-electron chi connectivity index (χ4n) is 2.73. The Labute approximate surface area is 116 Å². The molecule has 110 valence electrons. The monoisotopic (exact) mass is 268 g/mol. The van der Waals surface area contributed by atoms with E-state index in [1.54, 1.807) is 0 Å². The molecule has 1 aromatic rings. The van der Waals surface area contributed by atoms with E-state index in [-0.39, 0.29) is 6.61 Å². The van der Waals surface area contributed by atoms with Crippen LogP contribution in [0.4, 0.5) is 5.82 Å². The third-order valence-corrected chi connectivity index (χ3v) is 3.79. The van der Waals surface area contributed by atoms with Crippen LogP contribution in [0.3, 0.4) is 0 Å². The molecule has 1 heterocycles. The number of anilines is 1. The van der Waals surface area contributed by atoms with Crippen molar-refractivity contribution in [3.05, 3.63) is 11.3 Å². The quantitative estimate of drug-likeness (QED) is 0.754. The van der Waals surface area contributed by atoms with Crippen LogP contribution in [0, 0.1) is 6.92 Å². The summed E-state index contributed by atoms with van der Waals surface area (Å²) in [6.07, 6.45) is 2.20. The summed E-state index contributed by atoms with van der Waals surface area (Å²) in [6, 6.07) is 0.511. The molecular formula is C14H28N4O. The van der Waals surface area contributed by atoms with Crippen LogP contribution in [0.5, 0.6) is 0 Å². The average Bonchev–Trinajstić information content (AvgIpc) is 2.65. The van der Waals surface area contributed by atoms with Crippen LogP contribution in [-0.4, -0.2) is 46.0 Å². The summed E-state index contributed by atoms with van der Waals surface area (Å²) in [5.41, 5.74) is 2.28. The number of aliphatic hydroxyl groups excluding tert-OH is 1. The summed E-state index contributed by atoms with van der Waals surface area (Å²) < 4.78 is 1.88. The Morgan fingerprint density at radius 1 is 1.37 bits per heavy atom. The maximum atomic E-state index is 9.28. The van der Waals surface area contributed by atoms with E-state index in [1.165, 1.54) is 5.56 Å². The van der Waals surface area contributed by atoms with Crippen molar-refractivity contribution in [1.82, 2.24) is 14.7 Å². The fraction of sp³-hybridized carbons (Fsp3) is 0.786. The van der Waals surface area contributed by atoms with E-state index in [0.29, 0.717) is 12.6 Å². The predicted octanol–water partition coefficient (Wildman–Crippen LogP) is 1.75. The topological polar surface area (TPSA) is 53.3 Å². The van der Waals surface area contributed by atoms with Gasteiger partial charge in [-0.3, -0.25) is 9.58 Å². The van der Waals surface area contributed by atoms with Gasteiger partial charge in [-0.1, -0.05) is 13.8 Å². The number of hydrogen-bond donors (Lipinski definition) is 2. The van der Waals surface area contributed by atoms with Crippen LogP contribution in [-0.2, 0) is 13.6 Å². The van der Waals surface area contributed by atoms with Gasteiger partial charge in [-0.05, 0) is 19.8 Å². The van der Waals surface area contributed by atoms with Crippen LogP contribution in [0.15, 0.2) is 0 Å². The Balaban J connectivity index is 2.95. The van der Waals surface area contributed by atoms with Gasteiger partial charge in [-0.25, -0.2) is 0 Å². The molecule has 0 saturated carbocycles. The van der Waals surface area contributed by atoms with E-state index in [2.05, 4.69) is 29.2 Å². The van der Waals surface area contributed by atoms with Crippen LogP contribution >= 0.6 is 0 Å². The second-order valence-corrected chi connectivity index (χ2v) is 4.95. The van der Waals surface area contributed by atoms with E-state index < -0.39 is 0 Å². The van der Waals surface area contributed by atoms with Gasteiger partial charge in [0.1, 0.15) is 5.82 Å². The molecule has 1 aromatic heterocycles. The third kappa shape index (κ3) is 3.70. The SMILES string of the molecule is CCC(CC)N(CCO)Cc1c(C)nn(C)c1NC. The summed E-state index contributed by atoms with van der Waals surface area (Å²) >= 11 is 0. The van der Waals surface area contributed by atoms with Crippen molar-refractivity contribution in [2.75, 3.05) is 25.5 Å². The lowest BCUT2D eigenvalue weighted by atomic mass is 10.1. The Hall–Kier alpha value is -1.07. The number of nitrogens with one attached hydrogen (secondary N) is 1. The van der Waals surface area contributed by atoms with E-state index in [1.807, 2.05) is 25.7 Å². The Bertz CT molecular complexity index is 385. The van der Waals surface area contributed by atoms with E-state index in [0.717, 1.165) is 30.9 Å². The first-order valence-electron chi connectivity index (χ1n) is 7.14. The lowest BCUT2D eigenvalue weighted by Crippen LogP contribution is -2.36. The van der Waals surface area contributed by atoms with Crippen molar-refractivity contribution < 1.29 is 5.11 Å². The van der Waals surface area contributed by atoms with Crippen molar-refractivity contribution in [2.45, 2.75) is 46.2 Å². The van der Waals surface area contributed by atoms with Gasteiger partial charge in [-0.15, -0.1) is 0 Å². The van der Waals surface area contributed by atoms with Gasteiger partial charge in [0.2, 0.25) is 0 Å². The number of aryl methyl sites for hydroxylation is 2. The maximum Gasteiger partial charge on any atom is 0.128 e. The standard InChI is InChI=1S/C14H28N4O/c1-6-12(7-2)18(8-9-19)10-13-11(3)16-17(5)14(13)15-4/h12,15,19H,6-10H2,1-5H3. The minimum atomic E-state index is 0.199. The zero-order chi connectivity index (χ0) is 14.4. The molecule has 0 aliphatic carbocycles. The van der Waals surface area contributed by atoms with Crippen molar-refractivity contribution in [3.63, 3.8) is 0 Å². The number of hydrogen-bond acceptors (Lipinski definition) is 4. The number of rotatable bonds is 8. The molecule has 0 aliphatic rings. The summed E-state index contributed by atoms with van der Waals surface area (Å²) in [5, 5.41) is 17.0. The first kappa shape index (κ1) is 16.0. The summed E-state index contributed by atoms with van der Waals surface area (Å²) in [4.78, 5) is 2.35. The second-order valence-electron chi connectivity index (χ2n) is 4.95. The molecule has 0 unspecified atom stereocenters. The molecular weight excluding hydrogens is 240 g/mol. The fourth-order valence-corrected chi connectivity index (χ4v) is 2.73. The Kier molecular flexibility index (Phi) is 6.31. The molecule has 5 heteroatoms. The van der Waals surface area contributed by atoms with Gasteiger partial charge in [0, 0.05) is 38.8 Å². The zero-order valence-electron chi connectivity index (χ0n) is 12.9. The summed E-state index contributed by atoms with van der Waals surface area (Å²) in [7, 11) is 3.88. The first-order valence-corrected chi connectivity index (χ1v) is 7.14. The number of aliphatic hydroxyl groups is 1. The molecule has 2 N–H and O–H groups in total. The van der Waals surface area contributed by atoms with Gasteiger partial charge >= 0.3 is 0 Å². The second kappa shape index (κ2) is 7.50. The van der Waals surface area contributed by atoms with E-state index >= 15 is 0 Å². The molecule has 0 radical (unpaired) electrons. The van der Waals surface area contributed by atoms with Crippen LogP contribution in [0.1, 0.15) is 37.9 Å². The van der Waals surface area contributed by atoms with Gasteiger partial charge < -0.3 is 10.4 Å². The molecule has 0 amide bonds. The number of aromatic nitrogens is 2. The van der Waals surface area contributed by atoms with E-state index in [4.69, 9.17) is 0 Å². The zero-order valence-corrected chi connectivity index (χ0v) is 12.9. The number of nitrogens with zero attached hydrogens (tertiary/aromatic N) is 3. The molecule has 5 nitrogen and oxygen atoms in total. The Morgan fingerprint density at radius 3 is 2.47 bits per heavy atom. The highest BCUT2D eigenvalue weighted by Gasteiger charge is 2.20. The molecule has 1 rings (SSSR count). The molecule has 0 fully saturated rings. The molecule has 0 spiro atoms. The highest BCUT2D eigenvalue weighted by atomic mass is 16.3. The lowest BCUT2D eigenvalue weighted by Gasteiger charge is -2.30.